The molecule has 0 spiro atoms. The lowest BCUT2D eigenvalue weighted by atomic mass is 9.94. The minimum absolute atomic E-state index is 0.0128. The first-order valence-corrected chi connectivity index (χ1v) is 12.3. The Balaban J connectivity index is 1.58. The summed E-state index contributed by atoms with van der Waals surface area (Å²) in [6.07, 6.45) is 5.94. The van der Waals surface area contributed by atoms with Crippen molar-refractivity contribution < 1.29 is 0 Å². The Morgan fingerprint density at radius 1 is 0.919 bits per heavy atom. The standard InChI is InChI=1S/C30H26N6O/c1-19(15-26-29-25(32-18-33-26)13-8-14-31-29)27-16-21-9-7-12-23(24-17-35(3)34-20(24)2)28(21)30(37)36(27)22-10-5-4-6-11-22/h4-14,16-19H,15H2,1-3H3/t19-/m1/s1. The second kappa shape index (κ2) is 9.09. The maximum Gasteiger partial charge on any atom is 0.263 e. The highest BCUT2D eigenvalue weighted by Crippen LogP contribution is 2.32. The second-order valence-electron chi connectivity index (χ2n) is 9.41. The molecule has 2 aromatic carbocycles. The van der Waals surface area contributed by atoms with Gasteiger partial charge in [-0.05, 0) is 48.2 Å². The van der Waals surface area contributed by atoms with Gasteiger partial charge in [0.2, 0.25) is 0 Å². The minimum Gasteiger partial charge on any atom is -0.280 e. The molecule has 4 aromatic heterocycles. The zero-order valence-corrected chi connectivity index (χ0v) is 21.0. The SMILES string of the molecule is Cc1nn(C)cc1-c1cccc2cc([C@H](C)Cc3ncnc4cccnc34)n(-c3ccccc3)c(=O)c12. The fourth-order valence-electron chi connectivity index (χ4n) is 5.17. The molecule has 4 heterocycles. The molecular formula is C30H26N6O. The largest absolute Gasteiger partial charge is 0.280 e. The van der Waals surface area contributed by atoms with E-state index in [1.54, 1.807) is 17.2 Å². The van der Waals surface area contributed by atoms with Gasteiger partial charge in [0.05, 0.1) is 22.3 Å². The van der Waals surface area contributed by atoms with Crippen molar-refractivity contribution in [3.05, 3.63) is 113 Å². The Morgan fingerprint density at radius 2 is 1.76 bits per heavy atom. The highest BCUT2D eigenvalue weighted by molar-refractivity contribution is 5.97. The van der Waals surface area contributed by atoms with Crippen molar-refractivity contribution in [3.8, 4) is 16.8 Å². The van der Waals surface area contributed by atoms with E-state index >= 15 is 0 Å². The van der Waals surface area contributed by atoms with Crippen LogP contribution in [0.2, 0.25) is 0 Å². The molecule has 0 N–H and O–H groups in total. The number of para-hydroxylation sites is 1. The van der Waals surface area contributed by atoms with Crippen molar-refractivity contribution in [2.75, 3.05) is 0 Å². The normalized spacial score (nSPS) is 12.3. The van der Waals surface area contributed by atoms with Crippen molar-refractivity contribution in [2.24, 2.45) is 7.05 Å². The van der Waals surface area contributed by atoms with Crippen LogP contribution < -0.4 is 5.56 Å². The number of rotatable bonds is 5. The van der Waals surface area contributed by atoms with Crippen LogP contribution in [-0.2, 0) is 13.5 Å². The smallest absolute Gasteiger partial charge is 0.263 e. The fraction of sp³-hybridized carbons (Fsp3) is 0.167. The number of aromatic nitrogens is 6. The molecule has 0 radical (unpaired) electrons. The van der Waals surface area contributed by atoms with E-state index in [-0.39, 0.29) is 11.5 Å². The van der Waals surface area contributed by atoms with E-state index in [1.165, 1.54) is 0 Å². The Kier molecular flexibility index (Phi) is 5.60. The third-order valence-corrected chi connectivity index (χ3v) is 6.87. The number of hydrogen-bond acceptors (Lipinski definition) is 5. The topological polar surface area (TPSA) is 78.5 Å². The number of nitrogens with zero attached hydrogens (tertiary/aromatic N) is 6. The van der Waals surface area contributed by atoms with Crippen LogP contribution >= 0.6 is 0 Å². The molecule has 0 aliphatic rings. The number of hydrogen-bond donors (Lipinski definition) is 0. The van der Waals surface area contributed by atoms with Gasteiger partial charge in [-0.2, -0.15) is 5.10 Å². The van der Waals surface area contributed by atoms with Gasteiger partial charge in [-0.1, -0.05) is 43.3 Å². The molecule has 0 unspecified atom stereocenters. The molecule has 7 heteroatoms. The summed E-state index contributed by atoms with van der Waals surface area (Å²) < 4.78 is 3.63. The van der Waals surface area contributed by atoms with Gasteiger partial charge in [0.1, 0.15) is 11.8 Å². The highest BCUT2D eigenvalue weighted by atomic mass is 16.1. The van der Waals surface area contributed by atoms with E-state index in [2.05, 4.69) is 33.0 Å². The van der Waals surface area contributed by atoms with E-state index in [4.69, 9.17) is 0 Å². The van der Waals surface area contributed by atoms with Gasteiger partial charge < -0.3 is 0 Å². The molecule has 37 heavy (non-hydrogen) atoms. The Morgan fingerprint density at radius 3 is 2.54 bits per heavy atom. The molecule has 0 saturated carbocycles. The quantitative estimate of drug-likeness (QED) is 0.327. The molecule has 182 valence electrons. The van der Waals surface area contributed by atoms with Crippen LogP contribution in [0.1, 0.15) is 29.9 Å². The lowest BCUT2D eigenvalue weighted by molar-refractivity contribution is 0.686. The van der Waals surface area contributed by atoms with Gasteiger partial charge in [0.25, 0.3) is 5.56 Å². The van der Waals surface area contributed by atoms with E-state index in [9.17, 15) is 4.79 Å². The number of pyridine rings is 2. The first-order chi connectivity index (χ1) is 18.0. The van der Waals surface area contributed by atoms with E-state index in [1.807, 2.05) is 85.4 Å². The summed E-state index contributed by atoms with van der Waals surface area (Å²) in [4.78, 5) is 27.8. The molecule has 1 atom stereocenters. The molecule has 0 aliphatic heterocycles. The van der Waals surface area contributed by atoms with Crippen molar-refractivity contribution in [2.45, 2.75) is 26.2 Å². The van der Waals surface area contributed by atoms with Crippen LogP contribution in [0.5, 0.6) is 0 Å². The summed E-state index contributed by atoms with van der Waals surface area (Å²) >= 11 is 0. The highest BCUT2D eigenvalue weighted by Gasteiger charge is 2.21. The minimum atomic E-state index is -0.0462. The van der Waals surface area contributed by atoms with E-state index in [0.717, 1.165) is 50.3 Å². The van der Waals surface area contributed by atoms with Crippen molar-refractivity contribution in [1.82, 2.24) is 29.3 Å². The third-order valence-electron chi connectivity index (χ3n) is 6.87. The van der Waals surface area contributed by atoms with Gasteiger partial charge >= 0.3 is 0 Å². The summed E-state index contributed by atoms with van der Waals surface area (Å²) in [6.45, 7) is 4.10. The molecule has 7 nitrogen and oxygen atoms in total. The fourth-order valence-corrected chi connectivity index (χ4v) is 5.17. The van der Waals surface area contributed by atoms with E-state index < -0.39 is 0 Å². The maximum absolute atomic E-state index is 14.3. The van der Waals surface area contributed by atoms with Gasteiger partial charge in [-0.25, -0.2) is 9.97 Å². The van der Waals surface area contributed by atoms with Crippen molar-refractivity contribution >= 4 is 21.8 Å². The number of benzene rings is 2. The second-order valence-corrected chi connectivity index (χ2v) is 9.41. The van der Waals surface area contributed by atoms with Crippen LogP contribution in [0.25, 0.3) is 38.6 Å². The first-order valence-electron chi connectivity index (χ1n) is 12.3. The monoisotopic (exact) mass is 486 g/mol. The van der Waals surface area contributed by atoms with Crippen LogP contribution in [0.3, 0.4) is 0 Å². The van der Waals surface area contributed by atoms with Gasteiger partial charge in [-0.3, -0.25) is 19.0 Å². The molecule has 6 aromatic rings. The Bertz CT molecular complexity index is 1810. The molecule has 0 aliphatic carbocycles. The molecule has 6 rings (SSSR count). The summed E-state index contributed by atoms with van der Waals surface area (Å²) in [6, 6.07) is 21.8. The van der Waals surface area contributed by atoms with Gasteiger partial charge in [-0.15, -0.1) is 0 Å². The predicted molar refractivity (Wildman–Crippen MR) is 146 cm³/mol. The first kappa shape index (κ1) is 22.8. The molecular weight excluding hydrogens is 460 g/mol. The average molecular weight is 487 g/mol. The van der Waals surface area contributed by atoms with Gasteiger partial charge in [0, 0.05) is 48.7 Å². The zero-order chi connectivity index (χ0) is 25.5. The average Bonchev–Trinajstić information content (AvgIpc) is 3.26. The summed E-state index contributed by atoms with van der Waals surface area (Å²) in [5.41, 5.74) is 6.93. The van der Waals surface area contributed by atoms with E-state index in [0.29, 0.717) is 11.8 Å². The van der Waals surface area contributed by atoms with Crippen LogP contribution in [0, 0.1) is 6.92 Å². The molecule has 0 bridgehead atoms. The molecule has 0 saturated heterocycles. The van der Waals surface area contributed by atoms with Crippen LogP contribution in [0.4, 0.5) is 0 Å². The molecule has 0 amide bonds. The third kappa shape index (κ3) is 3.98. The summed E-state index contributed by atoms with van der Waals surface area (Å²) in [7, 11) is 1.90. The van der Waals surface area contributed by atoms with Crippen molar-refractivity contribution in [1.29, 1.82) is 0 Å². The van der Waals surface area contributed by atoms with Crippen LogP contribution in [0.15, 0.2) is 90.2 Å². The van der Waals surface area contributed by atoms with Crippen LogP contribution in [-0.4, -0.2) is 29.3 Å². The Labute approximate surface area is 214 Å². The predicted octanol–water partition coefficient (Wildman–Crippen LogP) is 5.38. The lowest BCUT2D eigenvalue weighted by Crippen LogP contribution is -2.24. The number of fused-ring (bicyclic) bond motifs is 2. The Hall–Kier alpha value is -4.65. The van der Waals surface area contributed by atoms with Gasteiger partial charge in [0.15, 0.2) is 0 Å². The summed E-state index contributed by atoms with van der Waals surface area (Å²) in [5.74, 6) is -0.0128. The maximum atomic E-state index is 14.3. The molecule has 0 fully saturated rings. The lowest BCUT2D eigenvalue weighted by Gasteiger charge is -2.21. The van der Waals surface area contributed by atoms with Crippen molar-refractivity contribution in [3.63, 3.8) is 0 Å². The summed E-state index contributed by atoms with van der Waals surface area (Å²) in [5, 5.41) is 6.11. The number of aryl methyl sites for hydroxylation is 2. The zero-order valence-electron chi connectivity index (χ0n) is 21.0.